The summed E-state index contributed by atoms with van der Waals surface area (Å²) in [5.41, 5.74) is 2.03. The number of pyridine rings is 1. The van der Waals surface area contributed by atoms with Crippen LogP contribution in [0.5, 0.6) is 0 Å². The fourth-order valence-electron chi connectivity index (χ4n) is 3.06. The van der Waals surface area contributed by atoms with E-state index >= 15 is 0 Å². The molecule has 1 aliphatic heterocycles. The Morgan fingerprint density at radius 3 is 3.10 bits per heavy atom. The van der Waals surface area contributed by atoms with Crippen molar-refractivity contribution in [1.82, 2.24) is 14.3 Å². The van der Waals surface area contributed by atoms with E-state index in [2.05, 4.69) is 16.3 Å². The van der Waals surface area contributed by atoms with Crippen molar-refractivity contribution in [3.63, 3.8) is 0 Å². The molecule has 0 aromatic carbocycles. The van der Waals surface area contributed by atoms with Gasteiger partial charge in [0.25, 0.3) is 0 Å². The van der Waals surface area contributed by atoms with E-state index in [9.17, 15) is 4.79 Å². The summed E-state index contributed by atoms with van der Waals surface area (Å²) in [6.07, 6.45) is 8.08. The third-order valence-corrected chi connectivity index (χ3v) is 4.17. The Kier molecular flexibility index (Phi) is 3.72. The number of carbonyl (C=O) groups excluding carboxylic acids is 1. The van der Waals surface area contributed by atoms with Crippen molar-refractivity contribution in [3.05, 3.63) is 36.3 Å². The van der Waals surface area contributed by atoms with Crippen LogP contribution >= 0.6 is 0 Å². The van der Waals surface area contributed by atoms with Crippen LogP contribution in [0.4, 0.5) is 0 Å². The second-order valence-electron chi connectivity index (χ2n) is 5.64. The Morgan fingerprint density at radius 1 is 1.40 bits per heavy atom. The smallest absolute Gasteiger partial charge is 0.223 e. The van der Waals surface area contributed by atoms with Gasteiger partial charge >= 0.3 is 0 Å². The van der Waals surface area contributed by atoms with Gasteiger partial charge in [-0.1, -0.05) is 25.8 Å². The maximum absolute atomic E-state index is 12.2. The van der Waals surface area contributed by atoms with Gasteiger partial charge in [0.2, 0.25) is 5.91 Å². The topological polar surface area (TPSA) is 37.6 Å². The molecule has 106 valence electrons. The minimum absolute atomic E-state index is 0.292. The SMILES string of the molecule is CCCC1CCN(Cc2cnc3ccccn23)C(=O)C1. The Hall–Kier alpha value is -1.84. The Bertz CT molecular complexity index is 605. The molecule has 0 saturated carbocycles. The van der Waals surface area contributed by atoms with E-state index in [1.807, 2.05) is 35.5 Å². The van der Waals surface area contributed by atoms with E-state index < -0.39 is 0 Å². The molecule has 20 heavy (non-hydrogen) atoms. The van der Waals surface area contributed by atoms with Crippen LogP contribution in [0.3, 0.4) is 0 Å². The molecule has 0 N–H and O–H groups in total. The zero-order valence-corrected chi connectivity index (χ0v) is 12.0. The Morgan fingerprint density at radius 2 is 2.30 bits per heavy atom. The lowest BCUT2D eigenvalue weighted by atomic mass is 9.92. The van der Waals surface area contributed by atoms with Crippen molar-refractivity contribution in [3.8, 4) is 0 Å². The molecule has 0 radical (unpaired) electrons. The average molecular weight is 271 g/mol. The number of nitrogens with zero attached hydrogens (tertiary/aromatic N) is 3. The van der Waals surface area contributed by atoms with Gasteiger partial charge in [-0.25, -0.2) is 4.98 Å². The molecule has 1 fully saturated rings. The zero-order chi connectivity index (χ0) is 13.9. The van der Waals surface area contributed by atoms with E-state index in [0.717, 1.165) is 24.3 Å². The first kappa shape index (κ1) is 13.2. The van der Waals surface area contributed by atoms with Crippen LogP contribution in [0.1, 0.15) is 38.3 Å². The fraction of sp³-hybridized carbons (Fsp3) is 0.500. The van der Waals surface area contributed by atoms with Crippen molar-refractivity contribution >= 4 is 11.6 Å². The minimum atomic E-state index is 0.292. The summed E-state index contributed by atoms with van der Waals surface area (Å²) in [5.74, 6) is 0.881. The Labute approximate surface area is 119 Å². The molecular formula is C16H21N3O. The van der Waals surface area contributed by atoms with Gasteiger partial charge in [-0.3, -0.25) is 4.79 Å². The average Bonchev–Trinajstić information content (AvgIpc) is 2.86. The highest BCUT2D eigenvalue weighted by Crippen LogP contribution is 2.24. The normalized spacial score (nSPS) is 19.8. The van der Waals surface area contributed by atoms with Gasteiger partial charge in [-0.2, -0.15) is 0 Å². The van der Waals surface area contributed by atoms with E-state index in [1.54, 1.807) is 0 Å². The molecule has 3 rings (SSSR count). The lowest BCUT2D eigenvalue weighted by Gasteiger charge is -2.31. The molecular weight excluding hydrogens is 250 g/mol. The fourth-order valence-corrected chi connectivity index (χ4v) is 3.06. The van der Waals surface area contributed by atoms with E-state index in [4.69, 9.17) is 0 Å². The molecule has 4 nitrogen and oxygen atoms in total. The summed E-state index contributed by atoms with van der Waals surface area (Å²) in [5, 5.41) is 0. The van der Waals surface area contributed by atoms with Crippen molar-refractivity contribution in [2.45, 2.75) is 39.2 Å². The summed E-state index contributed by atoms with van der Waals surface area (Å²) in [7, 11) is 0. The summed E-state index contributed by atoms with van der Waals surface area (Å²) in [6, 6.07) is 5.96. The summed E-state index contributed by atoms with van der Waals surface area (Å²) >= 11 is 0. The van der Waals surface area contributed by atoms with Crippen molar-refractivity contribution in [2.75, 3.05) is 6.54 Å². The van der Waals surface area contributed by atoms with Crippen molar-refractivity contribution < 1.29 is 4.79 Å². The number of likely N-dealkylation sites (tertiary alicyclic amines) is 1. The molecule has 1 aliphatic rings. The number of amides is 1. The number of carbonyl (C=O) groups is 1. The lowest BCUT2D eigenvalue weighted by molar-refractivity contribution is -0.135. The predicted molar refractivity (Wildman–Crippen MR) is 78.2 cm³/mol. The quantitative estimate of drug-likeness (QED) is 0.857. The molecule has 3 heterocycles. The lowest BCUT2D eigenvalue weighted by Crippen LogP contribution is -2.38. The zero-order valence-electron chi connectivity index (χ0n) is 12.0. The highest BCUT2D eigenvalue weighted by Gasteiger charge is 2.25. The van der Waals surface area contributed by atoms with Gasteiger partial charge < -0.3 is 9.30 Å². The molecule has 1 amide bonds. The number of hydrogen-bond donors (Lipinski definition) is 0. The van der Waals surface area contributed by atoms with Gasteiger partial charge in [-0.15, -0.1) is 0 Å². The molecule has 2 aromatic rings. The monoisotopic (exact) mass is 271 g/mol. The summed E-state index contributed by atoms with van der Waals surface area (Å²) in [4.78, 5) is 18.6. The van der Waals surface area contributed by atoms with Crippen LogP contribution in [-0.4, -0.2) is 26.7 Å². The highest BCUT2D eigenvalue weighted by atomic mass is 16.2. The van der Waals surface area contributed by atoms with Crippen LogP contribution in [0.2, 0.25) is 0 Å². The number of piperidine rings is 1. The van der Waals surface area contributed by atoms with E-state index in [-0.39, 0.29) is 0 Å². The van der Waals surface area contributed by atoms with Gasteiger partial charge in [0.15, 0.2) is 0 Å². The molecule has 1 saturated heterocycles. The molecule has 1 unspecified atom stereocenters. The maximum Gasteiger partial charge on any atom is 0.223 e. The number of rotatable bonds is 4. The van der Waals surface area contributed by atoms with Crippen molar-refractivity contribution in [2.24, 2.45) is 5.92 Å². The largest absolute Gasteiger partial charge is 0.337 e. The number of hydrogen-bond acceptors (Lipinski definition) is 2. The van der Waals surface area contributed by atoms with Crippen LogP contribution in [0.15, 0.2) is 30.6 Å². The van der Waals surface area contributed by atoms with Crippen LogP contribution in [0, 0.1) is 5.92 Å². The first-order valence-electron chi connectivity index (χ1n) is 7.46. The molecule has 0 bridgehead atoms. The molecule has 2 aromatic heterocycles. The van der Waals surface area contributed by atoms with Gasteiger partial charge in [0.05, 0.1) is 18.4 Å². The third kappa shape index (κ3) is 2.55. The van der Waals surface area contributed by atoms with Gasteiger partial charge in [0.1, 0.15) is 5.65 Å². The molecule has 0 aliphatic carbocycles. The standard InChI is InChI=1S/C16H21N3O/c1-2-5-13-7-9-18(16(20)10-13)12-14-11-17-15-6-3-4-8-19(14)15/h3-4,6,8,11,13H,2,5,7,9-10,12H2,1H3. The summed E-state index contributed by atoms with van der Waals surface area (Å²) < 4.78 is 2.06. The molecule has 0 spiro atoms. The number of imidazole rings is 1. The van der Waals surface area contributed by atoms with E-state index in [1.165, 1.54) is 12.8 Å². The van der Waals surface area contributed by atoms with Gasteiger partial charge in [-0.05, 0) is 24.5 Å². The van der Waals surface area contributed by atoms with Crippen LogP contribution in [-0.2, 0) is 11.3 Å². The second kappa shape index (κ2) is 5.65. The number of aromatic nitrogens is 2. The summed E-state index contributed by atoms with van der Waals surface area (Å²) in [6.45, 7) is 3.74. The maximum atomic E-state index is 12.2. The van der Waals surface area contributed by atoms with E-state index in [0.29, 0.717) is 24.8 Å². The first-order chi connectivity index (χ1) is 9.78. The predicted octanol–water partition coefficient (Wildman–Crippen LogP) is 2.87. The first-order valence-corrected chi connectivity index (χ1v) is 7.46. The highest BCUT2D eigenvalue weighted by molar-refractivity contribution is 5.77. The molecule has 1 atom stereocenters. The minimum Gasteiger partial charge on any atom is -0.337 e. The molecule has 4 heteroatoms. The third-order valence-electron chi connectivity index (χ3n) is 4.17. The second-order valence-corrected chi connectivity index (χ2v) is 5.64. The van der Waals surface area contributed by atoms with Crippen molar-refractivity contribution in [1.29, 1.82) is 0 Å². The van der Waals surface area contributed by atoms with Crippen LogP contribution < -0.4 is 0 Å². The van der Waals surface area contributed by atoms with Gasteiger partial charge in [0, 0.05) is 19.2 Å². The number of fused-ring (bicyclic) bond motifs is 1. The van der Waals surface area contributed by atoms with Crippen LogP contribution in [0.25, 0.3) is 5.65 Å². The Balaban J connectivity index is 1.71.